The smallest absolute Gasteiger partial charge is 0.251 e. The van der Waals surface area contributed by atoms with Crippen molar-refractivity contribution in [3.8, 4) is 0 Å². The minimum Gasteiger partial charge on any atom is -0.349 e. The van der Waals surface area contributed by atoms with E-state index < -0.39 is 0 Å². The summed E-state index contributed by atoms with van der Waals surface area (Å²) < 4.78 is 1.07. The predicted molar refractivity (Wildman–Crippen MR) is 78.5 cm³/mol. The van der Waals surface area contributed by atoms with Crippen LogP contribution in [0.4, 0.5) is 0 Å². The van der Waals surface area contributed by atoms with Crippen LogP contribution in [0.25, 0.3) is 10.2 Å². The third kappa shape index (κ3) is 2.37. The zero-order valence-electron chi connectivity index (χ0n) is 11.3. The minimum atomic E-state index is 0.0373. The van der Waals surface area contributed by atoms with Crippen LogP contribution in [0.1, 0.15) is 43.5 Å². The fraction of sp³-hybridized carbons (Fsp3) is 0.467. The molecule has 0 aliphatic heterocycles. The van der Waals surface area contributed by atoms with Crippen molar-refractivity contribution in [3.05, 3.63) is 29.3 Å². The molecule has 1 N–H and O–H groups in total. The summed E-state index contributed by atoms with van der Waals surface area (Å²) in [6.45, 7) is 4.47. The van der Waals surface area contributed by atoms with Gasteiger partial charge in [0.1, 0.15) is 0 Å². The van der Waals surface area contributed by atoms with Crippen LogP contribution in [-0.4, -0.2) is 16.9 Å². The molecule has 1 aromatic heterocycles. The second kappa shape index (κ2) is 4.60. The number of thiazole rings is 1. The first-order valence-corrected chi connectivity index (χ1v) is 7.58. The maximum absolute atomic E-state index is 12.3. The highest BCUT2D eigenvalue weighted by atomic mass is 32.1. The molecule has 3 rings (SSSR count). The topological polar surface area (TPSA) is 42.0 Å². The highest BCUT2D eigenvalue weighted by Gasteiger charge is 2.35. The Kier molecular flexibility index (Phi) is 3.05. The van der Waals surface area contributed by atoms with Crippen molar-refractivity contribution >= 4 is 27.5 Å². The lowest BCUT2D eigenvalue weighted by atomic mass is 9.87. The molecule has 1 aromatic carbocycles. The molecule has 1 heterocycles. The molecule has 1 unspecified atom stereocenters. The number of carbonyl (C=O) groups excluding carboxylic acids is 1. The van der Waals surface area contributed by atoms with E-state index in [4.69, 9.17) is 0 Å². The summed E-state index contributed by atoms with van der Waals surface area (Å²) in [5.74, 6) is 0.0373. The number of nitrogens with zero attached hydrogens (tertiary/aromatic N) is 1. The average Bonchev–Trinajstić information content (AvgIpc) is 2.95. The van der Waals surface area contributed by atoms with Crippen molar-refractivity contribution < 1.29 is 4.79 Å². The van der Waals surface area contributed by atoms with Crippen LogP contribution in [0, 0.1) is 5.41 Å². The van der Waals surface area contributed by atoms with Gasteiger partial charge in [0.2, 0.25) is 0 Å². The molecule has 1 saturated carbocycles. The number of rotatable bonds is 2. The first-order chi connectivity index (χ1) is 9.06. The third-order valence-electron chi connectivity index (χ3n) is 4.16. The molecule has 0 spiro atoms. The molecular formula is C15H18N2OS. The van der Waals surface area contributed by atoms with E-state index in [1.165, 1.54) is 12.8 Å². The number of aromatic nitrogens is 1. The van der Waals surface area contributed by atoms with Crippen molar-refractivity contribution in [2.24, 2.45) is 5.41 Å². The van der Waals surface area contributed by atoms with Crippen molar-refractivity contribution in [2.75, 3.05) is 0 Å². The minimum absolute atomic E-state index is 0.0373. The Morgan fingerprint density at radius 1 is 1.47 bits per heavy atom. The van der Waals surface area contributed by atoms with Crippen LogP contribution >= 0.6 is 11.3 Å². The van der Waals surface area contributed by atoms with Gasteiger partial charge < -0.3 is 5.32 Å². The van der Waals surface area contributed by atoms with Gasteiger partial charge in [0.05, 0.1) is 15.7 Å². The summed E-state index contributed by atoms with van der Waals surface area (Å²) in [4.78, 5) is 16.6. The van der Waals surface area contributed by atoms with Gasteiger partial charge in [-0.2, -0.15) is 0 Å². The van der Waals surface area contributed by atoms with Gasteiger partial charge in [0.15, 0.2) is 0 Å². The number of benzene rings is 1. The molecule has 0 saturated heterocycles. The fourth-order valence-electron chi connectivity index (χ4n) is 2.83. The molecule has 0 radical (unpaired) electrons. The predicted octanol–water partition coefficient (Wildman–Crippen LogP) is 3.60. The number of hydrogen-bond acceptors (Lipinski definition) is 3. The van der Waals surface area contributed by atoms with Crippen LogP contribution in [0.3, 0.4) is 0 Å². The molecule has 1 aliphatic rings. The number of fused-ring (bicyclic) bond motifs is 1. The second-order valence-electron chi connectivity index (χ2n) is 5.94. The number of carbonyl (C=O) groups is 1. The molecule has 0 bridgehead atoms. The van der Waals surface area contributed by atoms with Gasteiger partial charge in [-0.3, -0.25) is 4.79 Å². The van der Waals surface area contributed by atoms with Gasteiger partial charge in [-0.25, -0.2) is 4.98 Å². The van der Waals surface area contributed by atoms with Crippen LogP contribution in [0.2, 0.25) is 0 Å². The molecule has 100 valence electrons. The van der Waals surface area contributed by atoms with Crippen molar-refractivity contribution in [1.82, 2.24) is 10.3 Å². The largest absolute Gasteiger partial charge is 0.349 e. The van der Waals surface area contributed by atoms with Crippen LogP contribution in [0.5, 0.6) is 0 Å². The highest BCUT2D eigenvalue weighted by Crippen LogP contribution is 2.37. The van der Waals surface area contributed by atoms with E-state index in [9.17, 15) is 4.79 Å². The maximum atomic E-state index is 12.3. The number of hydrogen-bond donors (Lipinski definition) is 1. The van der Waals surface area contributed by atoms with E-state index in [1.54, 1.807) is 11.3 Å². The first kappa shape index (κ1) is 12.6. The highest BCUT2D eigenvalue weighted by molar-refractivity contribution is 7.16. The Bertz CT molecular complexity index is 617. The van der Waals surface area contributed by atoms with Crippen LogP contribution in [0.15, 0.2) is 23.7 Å². The zero-order chi connectivity index (χ0) is 13.5. The van der Waals surface area contributed by atoms with Gasteiger partial charge in [-0.1, -0.05) is 20.3 Å². The average molecular weight is 274 g/mol. The Labute approximate surface area is 117 Å². The van der Waals surface area contributed by atoms with Gasteiger partial charge in [-0.15, -0.1) is 11.3 Å². The summed E-state index contributed by atoms with van der Waals surface area (Å²) in [5.41, 5.74) is 3.72. The molecule has 19 heavy (non-hydrogen) atoms. The fourth-order valence-corrected chi connectivity index (χ4v) is 3.55. The van der Waals surface area contributed by atoms with Gasteiger partial charge in [0, 0.05) is 11.6 Å². The molecular weight excluding hydrogens is 256 g/mol. The Morgan fingerprint density at radius 3 is 3.05 bits per heavy atom. The van der Waals surface area contributed by atoms with Crippen molar-refractivity contribution in [2.45, 2.75) is 39.2 Å². The number of amides is 1. The van der Waals surface area contributed by atoms with Gasteiger partial charge in [-0.05, 0) is 36.5 Å². The van der Waals surface area contributed by atoms with E-state index >= 15 is 0 Å². The molecule has 1 aliphatic carbocycles. The van der Waals surface area contributed by atoms with E-state index in [-0.39, 0.29) is 17.4 Å². The van der Waals surface area contributed by atoms with Crippen molar-refractivity contribution in [3.63, 3.8) is 0 Å². The SMILES string of the molecule is CC1(C)CCCC1NC(=O)c1ccc2ncsc2c1. The van der Waals surface area contributed by atoms with Crippen molar-refractivity contribution in [1.29, 1.82) is 0 Å². The Morgan fingerprint density at radius 2 is 2.32 bits per heavy atom. The first-order valence-electron chi connectivity index (χ1n) is 6.70. The number of nitrogens with one attached hydrogen (secondary N) is 1. The molecule has 1 amide bonds. The van der Waals surface area contributed by atoms with E-state index in [1.807, 2.05) is 23.7 Å². The normalized spacial score (nSPS) is 21.7. The molecule has 3 nitrogen and oxygen atoms in total. The summed E-state index contributed by atoms with van der Waals surface area (Å²) in [6, 6.07) is 6.00. The summed E-state index contributed by atoms with van der Waals surface area (Å²) >= 11 is 1.57. The quantitative estimate of drug-likeness (QED) is 0.909. The molecule has 1 fully saturated rings. The Balaban J connectivity index is 1.80. The lowest BCUT2D eigenvalue weighted by Crippen LogP contribution is -2.41. The van der Waals surface area contributed by atoms with E-state index in [0.29, 0.717) is 0 Å². The van der Waals surface area contributed by atoms with E-state index in [2.05, 4.69) is 24.1 Å². The summed E-state index contributed by atoms with van der Waals surface area (Å²) in [5, 5.41) is 3.19. The van der Waals surface area contributed by atoms with E-state index in [0.717, 1.165) is 22.2 Å². The lowest BCUT2D eigenvalue weighted by molar-refractivity contribution is 0.0910. The molecule has 4 heteroatoms. The van der Waals surface area contributed by atoms with Crippen LogP contribution < -0.4 is 5.32 Å². The zero-order valence-corrected chi connectivity index (χ0v) is 12.1. The maximum Gasteiger partial charge on any atom is 0.251 e. The van der Waals surface area contributed by atoms with Gasteiger partial charge >= 0.3 is 0 Å². The summed E-state index contributed by atoms with van der Waals surface area (Å²) in [7, 11) is 0. The third-order valence-corrected chi connectivity index (χ3v) is 4.95. The summed E-state index contributed by atoms with van der Waals surface area (Å²) in [6.07, 6.45) is 3.47. The van der Waals surface area contributed by atoms with Crippen LogP contribution in [-0.2, 0) is 0 Å². The second-order valence-corrected chi connectivity index (χ2v) is 6.83. The lowest BCUT2D eigenvalue weighted by Gasteiger charge is -2.27. The van der Waals surface area contributed by atoms with Gasteiger partial charge in [0.25, 0.3) is 5.91 Å². The Hall–Kier alpha value is -1.42. The molecule has 2 aromatic rings. The molecule has 1 atom stereocenters. The monoisotopic (exact) mass is 274 g/mol. The standard InChI is InChI=1S/C15H18N2OS/c1-15(2)7-3-4-13(15)17-14(18)10-5-6-11-12(8-10)19-9-16-11/h5-6,8-9,13H,3-4,7H2,1-2H3,(H,17,18).